The summed E-state index contributed by atoms with van der Waals surface area (Å²) >= 11 is 13.3. The van der Waals surface area contributed by atoms with E-state index in [1.54, 1.807) is 18.3 Å². The second kappa shape index (κ2) is 7.42. The van der Waals surface area contributed by atoms with Gasteiger partial charge in [0.1, 0.15) is 0 Å². The fourth-order valence-corrected chi connectivity index (χ4v) is 3.29. The van der Waals surface area contributed by atoms with Crippen LogP contribution in [0, 0.1) is 0 Å². The number of amides is 1. The largest absolute Gasteiger partial charge is 0.351 e. The Labute approximate surface area is 153 Å². The normalized spacial score (nSPS) is 12.3. The van der Waals surface area contributed by atoms with Crippen molar-refractivity contribution in [3.8, 4) is 0 Å². The molecule has 0 bridgehead atoms. The fourth-order valence-electron chi connectivity index (χ4n) is 2.10. The van der Waals surface area contributed by atoms with Crippen molar-refractivity contribution in [1.29, 1.82) is 0 Å². The van der Waals surface area contributed by atoms with Gasteiger partial charge in [-0.05, 0) is 24.6 Å². The maximum atomic E-state index is 12.2. The third kappa shape index (κ3) is 4.01. The van der Waals surface area contributed by atoms with Gasteiger partial charge in [-0.15, -0.1) is 0 Å². The monoisotopic (exact) mass is 380 g/mol. The molecule has 1 atom stereocenters. The van der Waals surface area contributed by atoms with Gasteiger partial charge in [-0.25, -0.2) is 9.97 Å². The zero-order valence-corrected chi connectivity index (χ0v) is 15.0. The van der Waals surface area contributed by atoms with Crippen molar-refractivity contribution in [2.45, 2.75) is 23.9 Å². The third-order valence-corrected chi connectivity index (χ3v) is 4.91. The highest BCUT2D eigenvalue weighted by Gasteiger charge is 2.17. The van der Waals surface area contributed by atoms with Crippen LogP contribution in [0.4, 0.5) is 0 Å². The Morgan fingerprint density at radius 3 is 2.96 bits per heavy atom. The van der Waals surface area contributed by atoms with Gasteiger partial charge in [-0.3, -0.25) is 4.79 Å². The number of pyridine rings is 1. The highest BCUT2D eigenvalue weighted by molar-refractivity contribution is 8.00. The van der Waals surface area contributed by atoms with Crippen LogP contribution in [0.3, 0.4) is 0 Å². The van der Waals surface area contributed by atoms with Crippen LogP contribution in [0.25, 0.3) is 11.2 Å². The van der Waals surface area contributed by atoms with E-state index in [1.807, 2.05) is 25.1 Å². The van der Waals surface area contributed by atoms with E-state index in [0.717, 1.165) is 11.1 Å². The number of aromatic amines is 1. The number of halogens is 2. The van der Waals surface area contributed by atoms with E-state index in [9.17, 15) is 4.79 Å². The molecule has 1 amide bonds. The third-order valence-electron chi connectivity index (χ3n) is 3.35. The van der Waals surface area contributed by atoms with Gasteiger partial charge in [0.05, 0.1) is 15.8 Å². The van der Waals surface area contributed by atoms with Crippen molar-refractivity contribution < 1.29 is 4.79 Å². The van der Waals surface area contributed by atoms with Gasteiger partial charge in [-0.1, -0.05) is 53.2 Å². The summed E-state index contributed by atoms with van der Waals surface area (Å²) in [6.07, 6.45) is 1.54. The zero-order valence-electron chi connectivity index (χ0n) is 12.7. The SMILES string of the molecule is C[C@@H](Sc1nc2ncc(Cl)cc2[nH]1)C(=O)NCc1ccccc1Cl. The minimum Gasteiger partial charge on any atom is -0.351 e. The van der Waals surface area contributed by atoms with Gasteiger partial charge in [0.2, 0.25) is 5.91 Å². The highest BCUT2D eigenvalue weighted by Crippen LogP contribution is 2.24. The average molecular weight is 381 g/mol. The van der Waals surface area contributed by atoms with Gasteiger partial charge in [0.25, 0.3) is 0 Å². The summed E-state index contributed by atoms with van der Waals surface area (Å²) in [5, 5.41) is 4.36. The Morgan fingerprint density at radius 2 is 2.17 bits per heavy atom. The Bertz CT molecular complexity index is 883. The van der Waals surface area contributed by atoms with E-state index in [4.69, 9.17) is 23.2 Å². The molecule has 8 heteroatoms. The summed E-state index contributed by atoms with van der Waals surface area (Å²) in [5.74, 6) is -0.0913. The molecule has 24 heavy (non-hydrogen) atoms. The maximum absolute atomic E-state index is 12.2. The highest BCUT2D eigenvalue weighted by atomic mass is 35.5. The van der Waals surface area contributed by atoms with Gasteiger partial charge >= 0.3 is 0 Å². The molecule has 0 spiro atoms. The average Bonchev–Trinajstić information content (AvgIpc) is 2.95. The quantitative estimate of drug-likeness (QED) is 0.654. The van der Waals surface area contributed by atoms with Gasteiger partial charge in [0.15, 0.2) is 10.8 Å². The molecule has 0 aliphatic carbocycles. The number of thioether (sulfide) groups is 1. The van der Waals surface area contributed by atoms with Gasteiger partial charge in [-0.2, -0.15) is 0 Å². The van der Waals surface area contributed by atoms with Crippen LogP contribution in [0.5, 0.6) is 0 Å². The number of carbonyl (C=O) groups is 1. The molecule has 2 aromatic heterocycles. The Balaban J connectivity index is 1.61. The molecule has 0 aliphatic heterocycles. The predicted octanol–water partition coefficient (Wildman–Crippen LogP) is 4.06. The lowest BCUT2D eigenvalue weighted by Gasteiger charge is -2.11. The van der Waals surface area contributed by atoms with E-state index in [-0.39, 0.29) is 11.2 Å². The van der Waals surface area contributed by atoms with E-state index < -0.39 is 0 Å². The number of H-pyrrole nitrogens is 1. The lowest BCUT2D eigenvalue weighted by atomic mass is 10.2. The van der Waals surface area contributed by atoms with Crippen LogP contribution in [0.15, 0.2) is 41.7 Å². The molecule has 3 aromatic rings. The molecular formula is C16H14Cl2N4OS. The van der Waals surface area contributed by atoms with Crippen LogP contribution < -0.4 is 5.32 Å². The number of rotatable bonds is 5. The number of carbonyl (C=O) groups excluding carboxylic acids is 1. The summed E-state index contributed by atoms with van der Waals surface area (Å²) in [6, 6.07) is 9.18. The fraction of sp³-hybridized carbons (Fsp3) is 0.188. The standard InChI is InChI=1S/C16H14Cl2N4OS/c1-9(15(23)20-7-10-4-2-3-5-12(10)18)24-16-21-13-6-11(17)8-19-14(13)22-16/h2-6,8-9H,7H2,1H3,(H,20,23)(H,19,21,22)/t9-/m1/s1. The summed E-state index contributed by atoms with van der Waals surface area (Å²) < 4.78 is 0. The number of imidazole rings is 1. The van der Waals surface area contributed by atoms with Crippen molar-refractivity contribution in [3.63, 3.8) is 0 Å². The smallest absolute Gasteiger partial charge is 0.233 e. The second-order valence-electron chi connectivity index (χ2n) is 5.14. The molecule has 2 N–H and O–H groups in total. The molecule has 0 radical (unpaired) electrons. The summed E-state index contributed by atoms with van der Waals surface area (Å²) in [7, 11) is 0. The van der Waals surface area contributed by atoms with Crippen LogP contribution in [0.1, 0.15) is 12.5 Å². The topological polar surface area (TPSA) is 70.7 Å². The summed E-state index contributed by atoms with van der Waals surface area (Å²) in [4.78, 5) is 23.8. The Kier molecular flexibility index (Phi) is 5.28. The first kappa shape index (κ1) is 17.1. The molecule has 0 saturated carbocycles. The number of fused-ring (bicyclic) bond motifs is 1. The van der Waals surface area contributed by atoms with Gasteiger partial charge in [0, 0.05) is 17.8 Å². The lowest BCUT2D eigenvalue weighted by molar-refractivity contribution is -0.120. The molecule has 5 nitrogen and oxygen atoms in total. The first-order valence-electron chi connectivity index (χ1n) is 7.22. The minimum atomic E-state index is -0.316. The zero-order chi connectivity index (χ0) is 17.1. The van der Waals surface area contributed by atoms with Crippen LogP contribution in [-0.2, 0) is 11.3 Å². The number of benzene rings is 1. The Morgan fingerprint density at radius 1 is 1.38 bits per heavy atom. The van der Waals surface area contributed by atoms with Crippen molar-refractivity contribution in [2.75, 3.05) is 0 Å². The Hall–Kier alpha value is -1.76. The van der Waals surface area contributed by atoms with E-state index in [1.165, 1.54) is 11.8 Å². The maximum Gasteiger partial charge on any atom is 0.233 e. The van der Waals surface area contributed by atoms with Crippen molar-refractivity contribution in [2.24, 2.45) is 0 Å². The van der Waals surface area contributed by atoms with E-state index in [0.29, 0.717) is 27.4 Å². The number of hydrogen-bond donors (Lipinski definition) is 2. The van der Waals surface area contributed by atoms with Crippen LogP contribution in [-0.4, -0.2) is 26.1 Å². The molecule has 124 valence electrons. The van der Waals surface area contributed by atoms with Crippen LogP contribution in [0.2, 0.25) is 10.0 Å². The van der Waals surface area contributed by atoms with Crippen LogP contribution >= 0.6 is 35.0 Å². The van der Waals surface area contributed by atoms with Crippen molar-refractivity contribution in [3.05, 3.63) is 52.1 Å². The molecule has 3 rings (SSSR count). The van der Waals surface area contributed by atoms with Crippen molar-refractivity contribution >= 4 is 52.0 Å². The summed E-state index contributed by atoms with van der Waals surface area (Å²) in [5.41, 5.74) is 2.20. The molecule has 1 aromatic carbocycles. The van der Waals surface area contributed by atoms with E-state index in [2.05, 4.69) is 20.3 Å². The first-order valence-corrected chi connectivity index (χ1v) is 8.85. The molecule has 0 unspecified atom stereocenters. The molecule has 0 aliphatic rings. The number of aromatic nitrogens is 3. The molecule has 2 heterocycles. The molecule has 0 saturated heterocycles. The van der Waals surface area contributed by atoms with E-state index >= 15 is 0 Å². The number of nitrogens with one attached hydrogen (secondary N) is 2. The summed E-state index contributed by atoms with van der Waals surface area (Å²) in [6.45, 7) is 2.21. The van der Waals surface area contributed by atoms with Gasteiger partial charge < -0.3 is 10.3 Å². The predicted molar refractivity (Wildman–Crippen MR) is 97.5 cm³/mol. The number of hydrogen-bond acceptors (Lipinski definition) is 4. The lowest BCUT2D eigenvalue weighted by Crippen LogP contribution is -2.30. The number of nitrogens with zero attached hydrogens (tertiary/aromatic N) is 2. The minimum absolute atomic E-state index is 0.0913. The first-order chi connectivity index (χ1) is 11.5. The molecule has 0 fully saturated rings. The van der Waals surface area contributed by atoms with Crippen molar-refractivity contribution in [1.82, 2.24) is 20.3 Å². The second-order valence-corrected chi connectivity index (χ2v) is 7.31. The molecular weight excluding hydrogens is 367 g/mol.